The van der Waals surface area contributed by atoms with Crippen molar-refractivity contribution >= 4 is 11.6 Å². The Morgan fingerprint density at radius 3 is 2.76 bits per heavy atom. The number of amides is 1. The number of benzene rings is 2. The van der Waals surface area contributed by atoms with Crippen molar-refractivity contribution in [3.8, 4) is 5.69 Å². The first kappa shape index (κ1) is 16.8. The predicted octanol–water partition coefficient (Wildman–Crippen LogP) is 2.51. The monoisotopic (exact) mass is 337 g/mol. The molecule has 0 aliphatic carbocycles. The molecule has 3 aromatic rings. The minimum absolute atomic E-state index is 0.206. The summed E-state index contributed by atoms with van der Waals surface area (Å²) in [5, 5.41) is 14.0. The van der Waals surface area contributed by atoms with E-state index in [1.54, 1.807) is 11.6 Å². The molecule has 1 aromatic heterocycles. The van der Waals surface area contributed by atoms with Crippen molar-refractivity contribution in [2.45, 2.75) is 26.6 Å². The van der Waals surface area contributed by atoms with E-state index in [1.807, 2.05) is 55.5 Å². The molecule has 2 aromatic carbocycles. The van der Waals surface area contributed by atoms with Crippen LogP contribution < -0.4 is 5.32 Å². The molecular formula is C18H19N5O2. The van der Waals surface area contributed by atoms with Crippen molar-refractivity contribution in [1.29, 1.82) is 0 Å². The molecule has 1 amide bonds. The smallest absolute Gasteiger partial charge is 0.253 e. The van der Waals surface area contributed by atoms with Gasteiger partial charge in [-0.1, -0.05) is 36.4 Å². The van der Waals surface area contributed by atoms with Gasteiger partial charge in [0.05, 0.1) is 12.3 Å². The molecule has 0 aliphatic heterocycles. The van der Waals surface area contributed by atoms with Crippen molar-refractivity contribution in [3.63, 3.8) is 0 Å². The molecule has 128 valence electrons. The number of nitrogens with zero attached hydrogens (tertiary/aromatic N) is 4. The van der Waals surface area contributed by atoms with Crippen molar-refractivity contribution in [1.82, 2.24) is 20.2 Å². The first-order valence-electron chi connectivity index (χ1n) is 7.94. The second-order valence-electron chi connectivity index (χ2n) is 5.68. The van der Waals surface area contributed by atoms with Crippen LogP contribution in [0.4, 0.5) is 5.69 Å². The molecule has 25 heavy (non-hydrogen) atoms. The van der Waals surface area contributed by atoms with E-state index in [-0.39, 0.29) is 5.91 Å². The summed E-state index contributed by atoms with van der Waals surface area (Å²) in [4.78, 5) is 12.3. The normalized spacial score (nSPS) is 11.9. The minimum Gasteiger partial charge on any atom is -0.364 e. The molecule has 0 fully saturated rings. The van der Waals surface area contributed by atoms with E-state index >= 15 is 0 Å². The van der Waals surface area contributed by atoms with Gasteiger partial charge in [0, 0.05) is 5.69 Å². The molecule has 0 bridgehead atoms. The van der Waals surface area contributed by atoms with Gasteiger partial charge in [0.25, 0.3) is 5.91 Å². The summed E-state index contributed by atoms with van der Waals surface area (Å²) in [5.74, 6) is -0.206. The van der Waals surface area contributed by atoms with E-state index in [9.17, 15) is 4.79 Å². The number of aromatic nitrogens is 4. The molecule has 1 N–H and O–H groups in total. The number of nitrogens with one attached hydrogen (secondary N) is 1. The van der Waals surface area contributed by atoms with Crippen LogP contribution in [0.1, 0.15) is 18.1 Å². The Bertz CT molecular complexity index is 834. The van der Waals surface area contributed by atoms with E-state index in [4.69, 9.17) is 4.74 Å². The Kier molecular flexibility index (Phi) is 5.15. The van der Waals surface area contributed by atoms with Gasteiger partial charge in [0.1, 0.15) is 12.4 Å². The first-order valence-corrected chi connectivity index (χ1v) is 7.94. The lowest BCUT2D eigenvalue weighted by molar-refractivity contribution is -0.127. The Labute approximate surface area is 145 Å². The summed E-state index contributed by atoms with van der Waals surface area (Å²) in [5.41, 5.74) is 3.49. The number of hydrogen-bond acceptors (Lipinski definition) is 5. The maximum atomic E-state index is 12.3. The van der Waals surface area contributed by atoms with Crippen LogP contribution in [0.25, 0.3) is 5.69 Å². The summed E-state index contributed by atoms with van der Waals surface area (Å²) in [7, 11) is 0. The Balaban J connectivity index is 1.63. The van der Waals surface area contributed by atoms with Crippen molar-refractivity contribution < 1.29 is 9.53 Å². The first-order chi connectivity index (χ1) is 12.1. The Hall–Kier alpha value is -3.06. The van der Waals surface area contributed by atoms with Crippen LogP contribution in [0.2, 0.25) is 0 Å². The second-order valence-corrected chi connectivity index (χ2v) is 5.68. The Morgan fingerprint density at radius 2 is 2.04 bits per heavy atom. The number of aryl methyl sites for hydroxylation is 1. The third-order valence-corrected chi connectivity index (χ3v) is 3.78. The molecule has 0 unspecified atom stereocenters. The van der Waals surface area contributed by atoms with Gasteiger partial charge in [-0.3, -0.25) is 4.79 Å². The number of anilines is 1. The number of hydrogen-bond donors (Lipinski definition) is 1. The fourth-order valence-electron chi connectivity index (χ4n) is 2.32. The van der Waals surface area contributed by atoms with Crippen molar-refractivity contribution in [2.24, 2.45) is 0 Å². The van der Waals surface area contributed by atoms with E-state index in [0.29, 0.717) is 12.3 Å². The second kappa shape index (κ2) is 7.67. The van der Waals surface area contributed by atoms with Crippen LogP contribution in [0, 0.1) is 6.92 Å². The minimum atomic E-state index is -0.571. The standard InChI is InChI=1S/C18H19N5O2/c1-13-8-9-16(10-17(13)23-12-19-21-22-23)20-18(24)14(2)25-11-15-6-4-3-5-7-15/h3-10,12,14H,11H2,1-2H3,(H,20,24)/t14-/m0/s1. The van der Waals surface area contributed by atoms with E-state index in [1.165, 1.54) is 6.33 Å². The van der Waals surface area contributed by atoms with Crippen LogP contribution in [0.5, 0.6) is 0 Å². The zero-order chi connectivity index (χ0) is 17.6. The number of ether oxygens (including phenoxy) is 1. The zero-order valence-corrected chi connectivity index (χ0v) is 14.1. The molecule has 7 heteroatoms. The van der Waals surface area contributed by atoms with Gasteiger partial charge in [-0.15, -0.1) is 5.10 Å². The molecule has 0 saturated heterocycles. The fourth-order valence-corrected chi connectivity index (χ4v) is 2.32. The summed E-state index contributed by atoms with van der Waals surface area (Å²) in [6.45, 7) is 4.07. The summed E-state index contributed by atoms with van der Waals surface area (Å²) < 4.78 is 7.19. The molecule has 1 heterocycles. The van der Waals surface area contributed by atoms with E-state index < -0.39 is 6.10 Å². The number of carbonyl (C=O) groups is 1. The maximum absolute atomic E-state index is 12.3. The molecule has 3 rings (SSSR count). The lowest BCUT2D eigenvalue weighted by atomic mass is 10.1. The van der Waals surface area contributed by atoms with Gasteiger partial charge in [0.2, 0.25) is 0 Å². The molecule has 0 spiro atoms. The average molecular weight is 337 g/mol. The molecule has 1 atom stereocenters. The molecule has 7 nitrogen and oxygen atoms in total. The SMILES string of the molecule is Cc1ccc(NC(=O)[C@H](C)OCc2ccccc2)cc1-n1cnnn1. The highest BCUT2D eigenvalue weighted by atomic mass is 16.5. The third-order valence-electron chi connectivity index (χ3n) is 3.78. The van der Waals surface area contributed by atoms with Crippen molar-refractivity contribution in [3.05, 3.63) is 66.0 Å². The molecule has 0 radical (unpaired) electrons. The zero-order valence-electron chi connectivity index (χ0n) is 14.1. The van der Waals surface area contributed by atoms with E-state index in [0.717, 1.165) is 16.8 Å². The van der Waals surface area contributed by atoms with Crippen molar-refractivity contribution in [2.75, 3.05) is 5.32 Å². The number of tetrazole rings is 1. The average Bonchev–Trinajstić information content (AvgIpc) is 3.16. The highest BCUT2D eigenvalue weighted by molar-refractivity contribution is 5.94. The van der Waals surface area contributed by atoms with Gasteiger partial charge in [0.15, 0.2) is 0 Å². The molecule has 0 saturated carbocycles. The van der Waals surface area contributed by atoms with Crippen LogP contribution in [0.3, 0.4) is 0 Å². The van der Waals surface area contributed by atoms with Gasteiger partial charge >= 0.3 is 0 Å². The largest absolute Gasteiger partial charge is 0.364 e. The summed E-state index contributed by atoms with van der Waals surface area (Å²) in [6, 6.07) is 15.3. The number of carbonyl (C=O) groups excluding carboxylic acids is 1. The fraction of sp³-hybridized carbons (Fsp3) is 0.222. The highest BCUT2D eigenvalue weighted by Gasteiger charge is 2.14. The maximum Gasteiger partial charge on any atom is 0.253 e. The van der Waals surface area contributed by atoms with Gasteiger partial charge < -0.3 is 10.1 Å². The van der Waals surface area contributed by atoms with Gasteiger partial charge in [-0.2, -0.15) is 0 Å². The van der Waals surface area contributed by atoms with Gasteiger partial charge in [-0.25, -0.2) is 4.68 Å². The highest BCUT2D eigenvalue weighted by Crippen LogP contribution is 2.18. The molecule has 0 aliphatic rings. The quantitative estimate of drug-likeness (QED) is 0.747. The van der Waals surface area contributed by atoms with Crippen LogP contribution in [-0.4, -0.2) is 32.2 Å². The van der Waals surface area contributed by atoms with Crippen LogP contribution >= 0.6 is 0 Å². The van der Waals surface area contributed by atoms with E-state index in [2.05, 4.69) is 20.8 Å². The topological polar surface area (TPSA) is 81.9 Å². The van der Waals surface area contributed by atoms with Gasteiger partial charge in [-0.05, 0) is 47.5 Å². The molecular weight excluding hydrogens is 318 g/mol. The van der Waals surface area contributed by atoms with Crippen LogP contribution in [0.15, 0.2) is 54.9 Å². The third kappa shape index (κ3) is 4.27. The lowest BCUT2D eigenvalue weighted by Gasteiger charge is -2.14. The summed E-state index contributed by atoms with van der Waals surface area (Å²) in [6.07, 6.45) is 0.942. The lowest BCUT2D eigenvalue weighted by Crippen LogP contribution is -2.27. The predicted molar refractivity (Wildman–Crippen MR) is 93.2 cm³/mol. The Morgan fingerprint density at radius 1 is 1.24 bits per heavy atom. The van der Waals surface area contributed by atoms with Crippen LogP contribution in [-0.2, 0) is 16.1 Å². The summed E-state index contributed by atoms with van der Waals surface area (Å²) >= 11 is 0. The number of rotatable bonds is 6.